The molecule has 4 rings (SSSR count). The van der Waals surface area contributed by atoms with Crippen molar-refractivity contribution in [3.63, 3.8) is 0 Å². The highest BCUT2D eigenvalue weighted by atomic mass is 16.6. The second-order valence-electron chi connectivity index (χ2n) is 8.77. The third-order valence-corrected chi connectivity index (χ3v) is 7.15. The molecule has 1 saturated carbocycles. The van der Waals surface area contributed by atoms with Gasteiger partial charge in [-0.05, 0) is 24.1 Å². The maximum absolute atomic E-state index is 12.7. The smallest absolute Gasteiger partial charge is 0.311 e. The Morgan fingerprint density at radius 1 is 1.11 bits per heavy atom. The van der Waals surface area contributed by atoms with Crippen molar-refractivity contribution in [2.45, 2.75) is 37.1 Å². The highest BCUT2D eigenvalue weighted by molar-refractivity contribution is 5.76. The normalized spacial score (nSPS) is 28.5. The first-order chi connectivity index (χ1) is 16.8. The third-order valence-electron chi connectivity index (χ3n) is 7.15. The number of aliphatic hydroxyl groups is 2. The Hall–Kier alpha value is -3.30. The van der Waals surface area contributed by atoms with Crippen LogP contribution in [-0.2, 0) is 25.5 Å². The van der Waals surface area contributed by atoms with Crippen molar-refractivity contribution in [2.24, 2.45) is 11.8 Å². The zero-order valence-corrected chi connectivity index (χ0v) is 20.1. The summed E-state index contributed by atoms with van der Waals surface area (Å²) in [5.74, 6) is -0.887. The first-order valence-corrected chi connectivity index (χ1v) is 11.4. The van der Waals surface area contributed by atoms with Crippen LogP contribution >= 0.6 is 0 Å². The van der Waals surface area contributed by atoms with E-state index in [9.17, 15) is 19.8 Å². The molecule has 0 aromatic heterocycles. The monoisotopic (exact) mass is 486 g/mol. The lowest BCUT2D eigenvalue weighted by Gasteiger charge is -2.39. The Balaban J connectivity index is 1.89. The summed E-state index contributed by atoms with van der Waals surface area (Å²) in [6.07, 6.45) is 0.185. The number of methoxy groups -OCH3 is 3. The average Bonchev–Trinajstić information content (AvgIpc) is 3.24. The summed E-state index contributed by atoms with van der Waals surface area (Å²) in [5.41, 5.74) is -2.81. The molecule has 1 heterocycles. The number of aliphatic hydroxyl groups excluding tert-OH is 1. The lowest BCUT2D eigenvalue weighted by molar-refractivity contribution is -0.162. The largest absolute Gasteiger partial charge is 0.497 e. The van der Waals surface area contributed by atoms with E-state index in [4.69, 9.17) is 23.7 Å². The van der Waals surface area contributed by atoms with E-state index in [1.165, 1.54) is 14.2 Å². The zero-order valence-electron chi connectivity index (χ0n) is 20.1. The van der Waals surface area contributed by atoms with Crippen LogP contribution in [0.5, 0.6) is 23.0 Å². The van der Waals surface area contributed by atoms with Gasteiger partial charge in [0, 0.05) is 24.5 Å². The van der Waals surface area contributed by atoms with Crippen LogP contribution in [-0.4, -0.2) is 56.5 Å². The number of benzene rings is 2. The van der Waals surface area contributed by atoms with Crippen molar-refractivity contribution < 1.29 is 43.5 Å². The van der Waals surface area contributed by atoms with Gasteiger partial charge in [-0.2, -0.15) is 0 Å². The van der Waals surface area contributed by atoms with Gasteiger partial charge in [-0.3, -0.25) is 4.79 Å². The summed E-state index contributed by atoms with van der Waals surface area (Å²) in [4.78, 5) is 23.3. The summed E-state index contributed by atoms with van der Waals surface area (Å²) < 4.78 is 28.1. The SMILES string of the molecule is COC(=O)[C@H]1[C@@H](O)[C@@]2(O)c3c(OC)cc(OCCCC=O)cc3O[C@@]2(c2ccc(OC)cc2)[C@@H]1C. The zero-order chi connectivity index (χ0) is 25.4. The van der Waals surface area contributed by atoms with Gasteiger partial charge in [0.1, 0.15) is 35.4 Å². The molecule has 2 aliphatic rings. The van der Waals surface area contributed by atoms with Crippen molar-refractivity contribution >= 4 is 12.3 Å². The molecule has 2 aromatic carbocycles. The molecule has 9 nitrogen and oxygen atoms in total. The maximum atomic E-state index is 12.7. The number of rotatable bonds is 9. The van der Waals surface area contributed by atoms with Crippen LogP contribution < -0.4 is 18.9 Å². The summed E-state index contributed by atoms with van der Waals surface area (Å²) in [5, 5.41) is 23.8. The number of aldehydes is 1. The molecule has 0 radical (unpaired) electrons. The molecule has 1 aliphatic carbocycles. The Bertz CT molecular complexity index is 1100. The minimum Gasteiger partial charge on any atom is -0.497 e. The summed E-state index contributed by atoms with van der Waals surface area (Å²) in [6.45, 7) is 2.04. The van der Waals surface area contributed by atoms with Crippen LogP contribution in [0.2, 0.25) is 0 Å². The van der Waals surface area contributed by atoms with E-state index < -0.39 is 35.1 Å². The molecule has 9 heteroatoms. The summed E-state index contributed by atoms with van der Waals surface area (Å²) in [7, 11) is 4.22. The minimum atomic E-state index is -2.05. The van der Waals surface area contributed by atoms with Crippen molar-refractivity contribution in [3.8, 4) is 23.0 Å². The summed E-state index contributed by atoms with van der Waals surface area (Å²) in [6, 6.07) is 10.1. The Morgan fingerprint density at radius 3 is 2.43 bits per heavy atom. The molecule has 0 unspecified atom stereocenters. The van der Waals surface area contributed by atoms with Gasteiger partial charge in [0.15, 0.2) is 11.2 Å². The van der Waals surface area contributed by atoms with Gasteiger partial charge in [0.05, 0.1) is 39.4 Å². The Labute approximate surface area is 203 Å². The predicted octanol–water partition coefficient (Wildman–Crippen LogP) is 2.34. The van der Waals surface area contributed by atoms with E-state index in [0.717, 1.165) is 6.29 Å². The number of hydrogen-bond donors (Lipinski definition) is 2. The maximum Gasteiger partial charge on any atom is 0.311 e. The molecular formula is C26H30O9. The number of unbranched alkanes of at least 4 members (excludes halogenated alkanes) is 1. The topological polar surface area (TPSA) is 121 Å². The second kappa shape index (κ2) is 9.39. The third kappa shape index (κ3) is 3.52. The average molecular weight is 487 g/mol. The standard InChI is InChI=1S/C26H30O9/c1-15-21(24(29)33-4)23(28)25(30)22-19(32-3)13-18(34-12-6-5-11-27)14-20(22)35-26(15,25)16-7-9-17(31-2)10-8-16/h7-11,13-15,21,23,28,30H,5-6,12H2,1-4H3/t15-,21-,23-,25+,26-/m1/s1. The molecule has 0 amide bonds. The molecule has 5 atom stereocenters. The van der Waals surface area contributed by atoms with Crippen molar-refractivity contribution in [3.05, 3.63) is 47.5 Å². The fourth-order valence-corrected chi connectivity index (χ4v) is 5.50. The lowest BCUT2D eigenvalue weighted by atomic mass is 9.73. The van der Waals surface area contributed by atoms with E-state index >= 15 is 0 Å². The number of carbonyl (C=O) groups is 2. The molecular weight excluding hydrogens is 456 g/mol. The van der Waals surface area contributed by atoms with Gasteiger partial charge >= 0.3 is 5.97 Å². The van der Waals surface area contributed by atoms with E-state index in [1.807, 2.05) is 0 Å². The summed E-state index contributed by atoms with van der Waals surface area (Å²) >= 11 is 0. The Kier molecular flexibility index (Phi) is 6.66. The highest BCUT2D eigenvalue weighted by Crippen LogP contribution is 2.67. The predicted molar refractivity (Wildman–Crippen MR) is 124 cm³/mol. The highest BCUT2D eigenvalue weighted by Gasteiger charge is 2.77. The fourth-order valence-electron chi connectivity index (χ4n) is 5.50. The van der Waals surface area contributed by atoms with E-state index in [-0.39, 0.29) is 17.1 Å². The molecule has 0 bridgehead atoms. The van der Waals surface area contributed by atoms with E-state index in [1.54, 1.807) is 50.4 Å². The number of esters is 1. The quantitative estimate of drug-likeness (QED) is 0.312. The van der Waals surface area contributed by atoms with Crippen molar-refractivity contribution in [1.29, 1.82) is 0 Å². The van der Waals surface area contributed by atoms with Gasteiger partial charge in [0.2, 0.25) is 0 Å². The van der Waals surface area contributed by atoms with Crippen LogP contribution in [0.25, 0.3) is 0 Å². The van der Waals surface area contributed by atoms with Crippen LogP contribution in [0.1, 0.15) is 30.9 Å². The molecule has 1 fully saturated rings. The fraction of sp³-hybridized carbons (Fsp3) is 0.462. The molecule has 2 aromatic rings. The van der Waals surface area contributed by atoms with E-state index in [0.29, 0.717) is 36.5 Å². The number of ether oxygens (including phenoxy) is 5. The van der Waals surface area contributed by atoms with Crippen LogP contribution in [0.15, 0.2) is 36.4 Å². The molecule has 1 aliphatic heterocycles. The lowest BCUT2D eigenvalue weighted by Crippen LogP contribution is -2.52. The number of fused-ring (bicyclic) bond motifs is 3. The Morgan fingerprint density at radius 2 is 1.83 bits per heavy atom. The van der Waals surface area contributed by atoms with E-state index in [2.05, 4.69) is 0 Å². The van der Waals surface area contributed by atoms with Crippen molar-refractivity contribution in [2.75, 3.05) is 27.9 Å². The van der Waals surface area contributed by atoms with Gasteiger partial charge in [-0.15, -0.1) is 0 Å². The number of carbonyl (C=O) groups excluding carboxylic acids is 2. The number of hydrogen-bond acceptors (Lipinski definition) is 9. The molecule has 0 saturated heterocycles. The van der Waals surface area contributed by atoms with Gasteiger partial charge in [-0.1, -0.05) is 19.1 Å². The minimum absolute atomic E-state index is 0.224. The molecule has 0 spiro atoms. The first-order valence-electron chi connectivity index (χ1n) is 11.4. The second-order valence-corrected chi connectivity index (χ2v) is 8.77. The van der Waals surface area contributed by atoms with Crippen LogP contribution in [0.3, 0.4) is 0 Å². The van der Waals surface area contributed by atoms with Gasteiger partial charge < -0.3 is 38.7 Å². The van der Waals surface area contributed by atoms with Crippen molar-refractivity contribution in [1.82, 2.24) is 0 Å². The molecule has 2 N–H and O–H groups in total. The van der Waals surface area contributed by atoms with Gasteiger partial charge in [-0.25, -0.2) is 0 Å². The van der Waals surface area contributed by atoms with Crippen LogP contribution in [0.4, 0.5) is 0 Å². The van der Waals surface area contributed by atoms with Crippen LogP contribution in [0, 0.1) is 11.8 Å². The first kappa shape index (κ1) is 24.8. The molecule has 35 heavy (non-hydrogen) atoms. The molecule has 188 valence electrons. The van der Waals surface area contributed by atoms with Gasteiger partial charge in [0.25, 0.3) is 0 Å².